The molecule has 9 nitrogen and oxygen atoms in total. The third kappa shape index (κ3) is 3.36. The molecule has 32 heavy (non-hydrogen) atoms. The van der Waals surface area contributed by atoms with Crippen molar-refractivity contribution in [2.45, 2.75) is 38.3 Å². The van der Waals surface area contributed by atoms with E-state index < -0.39 is 21.5 Å². The highest BCUT2D eigenvalue weighted by atomic mass is 32.2. The van der Waals surface area contributed by atoms with Crippen molar-refractivity contribution in [2.75, 3.05) is 39.1 Å². The maximum absolute atomic E-state index is 13.1. The fraction of sp³-hybridized carbons (Fsp3) is 0.591. The van der Waals surface area contributed by atoms with Gasteiger partial charge in [-0.2, -0.15) is 4.31 Å². The van der Waals surface area contributed by atoms with Crippen molar-refractivity contribution in [3.63, 3.8) is 0 Å². The number of benzene rings is 1. The molecule has 0 unspecified atom stereocenters. The summed E-state index contributed by atoms with van der Waals surface area (Å²) in [6.07, 6.45) is 0. The van der Waals surface area contributed by atoms with Crippen LogP contribution in [0.4, 0.5) is 4.79 Å². The zero-order valence-corrected chi connectivity index (χ0v) is 20.1. The Morgan fingerprint density at radius 2 is 2.00 bits per heavy atom. The van der Waals surface area contributed by atoms with Gasteiger partial charge in [-0.15, -0.1) is 0 Å². The average Bonchev–Trinajstić information content (AvgIpc) is 3.03. The van der Waals surface area contributed by atoms with Crippen LogP contribution in [-0.2, 0) is 22.5 Å². The topological polar surface area (TPSA) is 104 Å². The molecule has 1 spiro atoms. The lowest BCUT2D eigenvalue weighted by Gasteiger charge is -2.55. The second-order valence-corrected chi connectivity index (χ2v) is 11.3. The van der Waals surface area contributed by atoms with Gasteiger partial charge in [0.2, 0.25) is 10.0 Å². The van der Waals surface area contributed by atoms with Crippen LogP contribution in [0, 0.1) is 0 Å². The Balaban J connectivity index is 1.90. The Labute approximate surface area is 189 Å². The molecule has 0 saturated carbocycles. The Kier molecular flexibility index (Phi) is 5.67. The number of carbonyl (C=O) groups excluding carboxylic acids is 1. The molecule has 0 bridgehead atoms. The lowest BCUT2D eigenvalue weighted by atomic mass is 9.70. The molecule has 4 rings (SSSR count). The Bertz CT molecular complexity index is 1150. The number of hydrogen-bond acceptors (Lipinski definition) is 5. The summed E-state index contributed by atoms with van der Waals surface area (Å²) in [6, 6.07) is 4.96. The summed E-state index contributed by atoms with van der Waals surface area (Å²) >= 11 is 0. The first kappa shape index (κ1) is 22.9. The molecule has 1 saturated heterocycles. The van der Waals surface area contributed by atoms with E-state index in [4.69, 9.17) is 4.74 Å². The first-order chi connectivity index (χ1) is 15.1. The van der Waals surface area contributed by atoms with Gasteiger partial charge in [0.25, 0.3) is 0 Å². The van der Waals surface area contributed by atoms with E-state index in [9.17, 15) is 18.3 Å². The first-order valence-corrected chi connectivity index (χ1v) is 12.5. The van der Waals surface area contributed by atoms with Crippen LogP contribution in [0.15, 0.2) is 18.2 Å². The second kappa shape index (κ2) is 7.93. The third-order valence-electron chi connectivity index (χ3n) is 6.71. The van der Waals surface area contributed by atoms with E-state index in [1.165, 1.54) is 4.31 Å². The van der Waals surface area contributed by atoms with Crippen LogP contribution >= 0.6 is 0 Å². The van der Waals surface area contributed by atoms with Crippen molar-refractivity contribution in [3.05, 3.63) is 29.5 Å². The lowest BCUT2D eigenvalue weighted by molar-refractivity contribution is 0.0489. The highest BCUT2D eigenvalue weighted by Gasteiger charge is 2.56. The number of aromatic nitrogens is 1. The zero-order valence-electron chi connectivity index (χ0n) is 19.3. The van der Waals surface area contributed by atoms with Crippen molar-refractivity contribution in [1.29, 1.82) is 0 Å². The molecule has 1 fully saturated rings. The number of methoxy groups -OCH3 is 1. The predicted octanol–water partition coefficient (Wildman–Crippen LogP) is 1.56. The fourth-order valence-electron chi connectivity index (χ4n) is 5.17. The first-order valence-electron chi connectivity index (χ1n) is 10.9. The monoisotopic (exact) mass is 464 g/mol. The molecular weight excluding hydrogens is 432 g/mol. The normalized spacial score (nSPS) is 20.5. The van der Waals surface area contributed by atoms with Crippen LogP contribution in [-0.4, -0.2) is 78.5 Å². The third-order valence-corrected chi connectivity index (χ3v) is 8.49. The van der Waals surface area contributed by atoms with Gasteiger partial charge in [0, 0.05) is 55.3 Å². The minimum atomic E-state index is -3.33. The maximum atomic E-state index is 13.1. The maximum Gasteiger partial charge on any atom is 0.318 e. The summed E-state index contributed by atoms with van der Waals surface area (Å²) in [7, 11) is 0.193. The van der Waals surface area contributed by atoms with Crippen LogP contribution < -0.4 is 10.1 Å². The number of sulfonamides is 1. The molecule has 10 heteroatoms. The van der Waals surface area contributed by atoms with Gasteiger partial charge in [-0.05, 0) is 38.5 Å². The van der Waals surface area contributed by atoms with Gasteiger partial charge in [0.05, 0.1) is 31.0 Å². The van der Waals surface area contributed by atoms with Gasteiger partial charge in [-0.3, -0.25) is 0 Å². The van der Waals surface area contributed by atoms with E-state index in [0.29, 0.717) is 25.4 Å². The number of rotatable bonds is 5. The fourth-order valence-corrected chi connectivity index (χ4v) is 6.42. The van der Waals surface area contributed by atoms with Crippen LogP contribution in [0.1, 0.15) is 38.1 Å². The molecule has 1 aromatic heterocycles. The number of urea groups is 1. The second-order valence-electron chi connectivity index (χ2n) is 9.08. The number of hydrogen-bond donors (Lipinski definition) is 2. The summed E-state index contributed by atoms with van der Waals surface area (Å²) in [5.41, 5.74) is 2.25. The molecule has 2 aromatic rings. The zero-order chi connectivity index (χ0) is 23.4. The number of carbonyl (C=O) groups is 1. The van der Waals surface area contributed by atoms with Gasteiger partial charge < -0.3 is 24.6 Å². The molecule has 1 atom stereocenters. The van der Waals surface area contributed by atoms with Gasteiger partial charge in [-0.1, -0.05) is 0 Å². The van der Waals surface area contributed by atoms with Gasteiger partial charge in [0.15, 0.2) is 0 Å². The minimum Gasteiger partial charge on any atom is -0.497 e. The van der Waals surface area contributed by atoms with Gasteiger partial charge >= 0.3 is 6.03 Å². The molecule has 176 valence electrons. The molecule has 2 aliphatic heterocycles. The molecule has 2 amide bonds. The summed E-state index contributed by atoms with van der Waals surface area (Å²) in [5, 5.41) is 14.3. The quantitative estimate of drug-likeness (QED) is 0.699. The van der Waals surface area contributed by atoms with Crippen molar-refractivity contribution in [3.8, 4) is 5.75 Å². The number of aryl methyl sites for hydroxylation is 1. The summed E-state index contributed by atoms with van der Waals surface area (Å²) < 4.78 is 34.0. The van der Waals surface area contributed by atoms with Crippen LogP contribution in [0.3, 0.4) is 0 Å². The van der Waals surface area contributed by atoms with Crippen molar-refractivity contribution < 1.29 is 23.1 Å². The number of ether oxygens (including phenoxy) is 1. The van der Waals surface area contributed by atoms with Crippen LogP contribution in [0.25, 0.3) is 10.9 Å². The molecule has 1 aromatic carbocycles. The SMILES string of the molecule is CCS(=O)(=O)N1CC2(CN(C(=O)NC(C)C)[C@@H](CO)c3c2c2ccc(OC)cc2n3C)C1. The Morgan fingerprint density at radius 3 is 2.56 bits per heavy atom. The van der Waals surface area contributed by atoms with E-state index in [2.05, 4.69) is 5.32 Å². The van der Waals surface area contributed by atoms with E-state index in [-0.39, 0.29) is 24.4 Å². The molecule has 2 N–H and O–H groups in total. The van der Waals surface area contributed by atoms with E-state index in [0.717, 1.165) is 22.2 Å². The minimum absolute atomic E-state index is 0.0412. The largest absolute Gasteiger partial charge is 0.497 e. The van der Waals surface area contributed by atoms with Crippen molar-refractivity contribution in [1.82, 2.24) is 19.1 Å². The highest BCUT2D eigenvalue weighted by Crippen LogP contribution is 2.50. The number of fused-ring (bicyclic) bond motifs is 4. The van der Waals surface area contributed by atoms with Gasteiger partial charge in [-0.25, -0.2) is 13.2 Å². The number of aliphatic hydroxyl groups is 1. The Hall–Kier alpha value is -2.30. The summed E-state index contributed by atoms with van der Waals surface area (Å²) in [4.78, 5) is 14.8. The molecule has 3 heterocycles. The summed E-state index contributed by atoms with van der Waals surface area (Å²) in [5.74, 6) is 0.753. The summed E-state index contributed by atoms with van der Waals surface area (Å²) in [6.45, 7) is 6.15. The van der Waals surface area contributed by atoms with E-state index >= 15 is 0 Å². The number of amides is 2. The molecule has 2 aliphatic rings. The number of nitrogens with one attached hydrogen (secondary N) is 1. The van der Waals surface area contributed by atoms with E-state index in [1.807, 2.05) is 43.7 Å². The average molecular weight is 465 g/mol. The highest BCUT2D eigenvalue weighted by molar-refractivity contribution is 7.89. The lowest BCUT2D eigenvalue weighted by Crippen LogP contribution is -2.69. The molecule has 0 radical (unpaired) electrons. The van der Waals surface area contributed by atoms with Crippen LogP contribution in [0.2, 0.25) is 0 Å². The van der Waals surface area contributed by atoms with E-state index in [1.54, 1.807) is 18.9 Å². The van der Waals surface area contributed by atoms with Crippen molar-refractivity contribution in [2.24, 2.45) is 7.05 Å². The smallest absolute Gasteiger partial charge is 0.318 e. The molecule has 0 aliphatic carbocycles. The standard InChI is InChI=1S/C22H32N4O5S/c1-6-32(29,30)25-11-22(12-25)13-26(21(28)23-14(2)3)18(10-27)20-19(22)16-8-7-15(31-5)9-17(16)24(20)4/h7-9,14,18,27H,6,10-13H2,1-5H3,(H,23,28)/t18-/m0/s1. The number of aliphatic hydroxyl groups excluding tert-OH is 1. The number of nitrogens with zero attached hydrogens (tertiary/aromatic N) is 3. The molecular formula is C22H32N4O5S. The van der Waals surface area contributed by atoms with Gasteiger partial charge in [0.1, 0.15) is 5.75 Å². The Morgan fingerprint density at radius 1 is 1.31 bits per heavy atom. The van der Waals surface area contributed by atoms with Crippen molar-refractivity contribution >= 4 is 27.0 Å². The van der Waals surface area contributed by atoms with Crippen LogP contribution in [0.5, 0.6) is 5.75 Å². The predicted molar refractivity (Wildman–Crippen MR) is 122 cm³/mol.